The van der Waals surface area contributed by atoms with E-state index >= 15 is 0 Å². The quantitative estimate of drug-likeness (QED) is 0.506. The maximum absolute atomic E-state index is 13.4. The van der Waals surface area contributed by atoms with E-state index in [1.165, 1.54) is 0 Å². The van der Waals surface area contributed by atoms with E-state index in [1.54, 1.807) is 4.68 Å². The average molecular weight is 407 g/mol. The second-order valence-electron chi connectivity index (χ2n) is 7.37. The van der Waals surface area contributed by atoms with Crippen LogP contribution in [-0.2, 0) is 4.79 Å². The fourth-order valence-electron chi connectivity index (χ4n) is 3.82. The summed E-state index contributed by atoms with van der Waals surface area (Å²) in [6.07, 6.45) is 0. The van der Waals surface area contributed by atoms with E-state index in [4.69, 9.17) is 10.1 Å². The van der Waals surface area contributed by atoms with Gasteiger partial charge in [0.1, 0.15) is 6.04 Å². The summed E-state index contributed by atoms with van der Waals surface area (Å²) in [5, 5.41) is 11.1. The third-order valence-electron chi connectivity index (χ3n) is 5.28. The second kappa shape index (κ2) is 7.91. The summed E-state index contributed by atoms with van der Waals surface area (Å²) in [5.74, 6) is 1.05. The summed E-state index contributed by atoms with van der Waals surface area (Å²) in [4.78, 5) is 18.1. The first-order valence-electron chi connectivity index (χ1n) is 10.1. The highest BCUT2D eigenvalue weighted by Crippen LogP contribution is 2.36. The molecule has 2 N–H and O–H groups in total. The van der Waals surface area contributed by atoms with E-state index in [0.29, 0.717) is 17.3 Å². The molecule has 1 aromatic heterocycles. The lowest BCUT2D eigenvalue weighted by molar-refractivity contribution is -0.113. The maximum Gasteiger partial charge on any atom is 0.255 e. The van der Waals surface area contributed by atoms with Crippen molar-refractivity contribution in [3.63, 3.8) is 0 Å². The van der Waals surface area contributed by atoms with Crippen molar-refractivity contribution in [1.82, 2.24) is 14.8 Å². The van der Waals surface area contributed by atoms with Crippen LogP contribution in [0.2, 0.25) is 0 Å². The zero-order chi connectivity index (χ0) is 21.2. The Morgan fingerprint density at radius 2 is 1.52 bits per heavy atom. The van der Waals surface area contributed by atoms with Gasteiger partial charge >= 0.3 is 0 Å². The molecule has 4 aromatic rings. The molecule has 0 bridgehead atoms. The average Bonchev–Trinajstić information content (AvgIpc) is 3.23. The Balaban J connectivity index is 1.60. The number of fused-ring (bicyclic) bond motifs is 1. The Morgan fingerprint density at radius 1 is 0.903 bits per heavy atom. The van der Waals surface area contributed by atoms with Crippen LogP contribution in [-0.4, -0.2) is 20.7 Å². The number of anilines is 2. The zero-order valence-electron chi connectivity index (χ0n) is 17.0. The number of hydrogen-bond acceptors (Lipinski definition) is 4. The van der Waals surface area contributed by atoms with Crippen molar-refractivity contribution in [2.75, 3.05) is 10.6 Å². The third-order valence-corrected chi connectivity index (χ3v) is 5.28. The molecule has 1 aliphatic heterocycles. The van der Waals surface area contributed by atoms with Crippen LogP contribution < -0.4 is 10.6 Å². The second-order valence-corrected chi connectivity index (χ2v) is 7.37. The van der Waals surface area contributed by atoms with E-state index in [9.17, 15) is 4.79 Å². The highest BCUT2D eigenvalue weighted by atomic mass is 16.1. The predicted molar refractivity (Wildman–Crippen MR) is 121 cm³/mol. The van der Waals surface area contributed by atoms with Crippen molar-refractivity contribution in [2.45, 2.75) is 13.0 Å². The van der Waals surface area contributed by atoms with Crippen LogP contribution in [0.15, 0.2) is 102 Å². The number of para-hydroxylation sites is 1. The number of benzene rings is 3. The van der Waals surface area contributed by atoms with Gasteiger partial charge in [0.2, 0.25) is 5.95 Å². The van der Waals surface area contributed by atoms with Crippen molar-refractivity contribution in [1.29, 1.82) is 0 Å². The molecule has 6 nitrogen and oxygen atoms in total. The molecule has 0 aliphatic carbocycles. The van der Waals surface area contributed by atoms with Crippen LogP contribution in [0.5, 0.6) is 0 Å². The molecule has 0 fully saturated rings. The van der Waals surface area contributed by atoms with Gasteiger partial charge in [0.15, 0.2) is 5.82 Å². The first-order chi connectivity index (χ1) is 15.2. The number of amides is 1. The molecule has 2 heterocycles. The Bertz CT molecular complexity index is 1250. The van der Waals surface area contributed by atoms with Gasteiger partial charge < -0.3 is 10.6 Å². The number of nitrogens with zero attached hydrogens (tertiary/aromatic N) is 3. The summed E-state index contributed by atoms with van der Waals surface area (Å²) in [7, 11) is 0. The smallest absolute Gasteiger partial charge is 0.255 e. The molecule has 6 heteroatoms. The molecule has 1 unspecified atom stereocenters. The van der Waals surface area contributed by atoms with Gasteiger partial charge in [-0.15, -0.1) is 5.10 Å². The molecule has 5 rings (SSSR count). The van der Waals surface area contributed by atoms with E-state index < -0.39 is 6.04 Å². The van der Waals surface area contributed by atoms with Crippen molar-refractivity contribution in [2.24, 2.45) is 0 Å². The Kier molecular flexibility index (Phi) is 4.80. The van der Waals surface area contributed by atoms with E-state index in [2.05, 4.69) is 10.6 Å². The van der Waals surface area contributed by atoms with Crippen molar-refractivity contribution in [3.05, 3.63) is 108 Å². The van der Waals surface area contributed by atoms with Gasteiger partial charge in [-0.1, -0.05) is 78.9 Å². The fourth-order valence-corrected chi connectivity index (χ4v) is 3.82. The lowest BCUT2D eigenvalue weighted by Gasteiger charge is -2.28. The van der Waals surface area contributed by atoms with Crippen molar-refractivity contribution in [3.8, 4) is 11.4 Å². The predicted octanol–water partition coefficient (Wildman–Crippen LogP) is 4.87. The number of rotatable bonds is 4. The fraction of sp³-hybridized carbons (Fsp3) is 0.0800. The lowest BCUT2D eigenvalue weighted by Crippen LogP contribution is -2.31. The first-order valence-corrected chi connectivity index (χ1v) is 10.1. The molecular formula is C25H21N5O. The normalized spacial score (nSPS) is 15.2. The highest BCUT2D eigenvalue weighted by Gasteiger charge is 2.34. The monoisotopic (exact) mass is 407 g/mol. The molecule has 1 amide bonds. The van der Waals surface area contributed by atoms with Gasteiger partial charge in [-0.05, 0) is 24.6 Å². The van der Waals surface area contributed by atoms with Gasteiger partial charge in [0, 0.05) is 16.9 Å². The van der Waals surface area contributed by atoms with E-state index in [1.807, 2.05) is 97.9 Å². The summed E-state index contributed by atoms with van der Waals surface area (Å²) in [6.45, 7) is 1.90. The zero-order valence-corrected chi connectivity index (χ0v) is 17.0. The van der Waals surface area contributed by atoms with Crippen LogP contribution in [0.3, 0.4) is 0 Å². The first kappa shape index (κ1) is 18.8. The van der Waals surface area contributed by atoms with Gasteiger partial charge in [0.05, 0.1) is 5.57 Å². The molecule has 31 heavy (non-hydrogen) atoms. The number of hydrogen-bond donors (Lipinski definition) is 2. The standard InChI is InChI=1S/C25H21N5O/c1-17-21(24(31)27-20-15-9-4-10-16-20)22(18-11-5-2-6-12-18)30-25(26-17)28-23(29-30)19-13-7-3-8-14-19/h2-16,22H,1H3,(H,27,31)(H,26,28,29). The van der Waals surface area contributed by atoms with E-state index in [0.717, 1.165) is 22.5 Å². The number of allylic oxidation sites excluding steroid dienone is 1. The lowest BCUT2D eigenvalue weighted by atomic mass is 9.95. The largest absolute Gasteiger partial charge is 0.328 e. The van der Waals surface area contributed by atoms with Crippen LogP contribution in [0, 0.1) is 0 Å². The number of nitrogens with one attached hydrogen (secondary N) is 2. The van der Waals surface area contributed by atoms with Crippen LogP contribution in [0.1, 0.15) is 18.5 Å². The summed E-state index contributed by atoms with van der Waals surface area (Å²) < 4.78 is 1.80. The SMILES string of the molecule is CC1=C(C(=O)Nc2ccccc2)C(c2ccccc2)n2nc(-c3ccccc3)nc2N1. The molecule has 3 aromatic carbocycles. The minimum Gasteiger partial charge on any atom is -0.328 e. The van der Waals surface area contributed by atoms with E-state index in [-0.39, 0.29) is 5.91 Å². The van der Waals surface area contributed by atoms with Crippen LogP contribution in [0.25, 0.3) is 11.4 Å². The van der Waals surface area contributed by atoms with Crippen molar-refractivity contribution < 1.29 is 4.79 Å². The number of carbonyl (C=O) groups is 1. The molecule has 0 radical (unpaired) electrons. The third kappa shape index (κ3) is 3.59. The minimum absolute atomic E-state index is 0.174. The number of carbonyl (C=O) groups excluding carboxylic acids is 1. The molecule has 0 spiro atoms. The summed E-state index contributed by atoms with van der Waals surface area (Å²) in [6, 6.07) is 28.8. The molecular weight excluding hydrogens is 386 g/mol. The van der Waals surface area contributed by atoms with Gasteiger partial charge in [-0.2, -0.15) is 4.98 Å². The van der Waals surface area contributed by atoms with Gasteiger partial charge in [-0.25, -0.2) is 4.68 Å². The molecule has 0 saturated carbocycles. The maximum atomic E-state index is 13.4. The van der Waals surface area contributed by atoms with Gasteiger partial charge in [0.25, 0.3) is 5.91 Å². The Labute approximate surface area is 180 Å². The van der Waals surface area contributed by atoms with Gasteiger partial charge in [-0.3, -0.25) is 4.79 Å². The van der Waals surface area contributed by atoms with Crippen molar-refractivity contribution >= 4 is 17.5 Å². The number of aromatic nitrogens is 3. The van der Waals surface area contributed by atoms with Crippen LogP contribution >= 0.6 is 0 Å². The Morgan fingerprint density at radius 3 is 2.19 bits per heavy atom. The highest BCUT2D eigenvalue weighted by molar-refractivity contribution is 6.06. The summed E-state index contributed by atoms with van der Waals surface area (Å²) >= 11 is 0. The minimum atomic E-state index is -0.397. The Hall–Kier alpha value is -4.19. The molecule has 0 saturated heterocycles. The molecule has 1 aliphatic rings. The molecule has 152 valence electrons. The van der Waals surface area contributed by atoms with Crippen LogP contribution in [0.4, 0.5) is 11.6 Å². The summed E-state index contributed by atoms with van der Waals surface area (Å²) in [5.41, 5.74) is 3.99. The topological polar surface area (TPSA) is 71.8 Å². The molecule has 1 atom stereocenters.